The summed E-state index contributed by atoms with van der Waals surface area (Å²) in [6.07, 6.45) is 1.18. The number of nitrogens with zero attached hydrogens (tertiary/aromatic N) is 1. The van der Waals surface area contributed by atoms with Crippen LogP contribution in [0.5, 0.6) is 5.75 Å². The lowest BCUT2D eigenvalue weighted by Gasteiger charge is -2.37. The number of ether oxygens (including phenoxy) is 1. The van der Waals surface area contributed by atoms with Crippen LogP contribution >= 0.6 is 0 Å². The van der Waals surface area contributed by atoms with Gasteiger partial charge in [-0.3, -0.25) is 0 Å². The monoisotopic (exact) mass is 250 g/mol. The molecule has 1 aliphatic heterocycles. The molecule has 0 aromatic heterocycles. The summed E-state index contributed by atoms with van der Waals surface area (Å²) in [6.45, 7) is 9.49. The van der Waals surface area contributed by atoms with Gasteiger partial charge in [0.25, 0.3) is 0 Å². The second kappa shape index (κ2) is 7.98. The standard InChI is InChI=1S/C13H20N2O.C2H6/c1-3-11-10-14-8-9-15(11)12-4-6-13(16-2)7-5-12;1-2/h4-7,11,14H,3,8-10H2,1-2H3;1-2H3. The minimum absolute atomic E-state index is 0.613. The summed E-state index contributed by atoms with van der Waals surface area (Å²) in [5.74, 6) is 0.923. The molecule has 3 heteroatoms. The predicted octanol–water partition coefficient (Wildman–Crippen LogP) is 2.91. The van der Waals surface area contributed by atoms with E-state index in [-0.39, 0.29) is 0 Å². The summed E-state index contributed by atoms with van der Waals surface area (Å²) in [5.41, 5.74) is 1.30. The molecule has 1 fully saturated rings. The summed E-state index contributed by atoms with van der Waals surface area (Å²) in [5, 5.41) is 3.44. The van der Waals surface area contributed by atoms with Crippen molar-refractivity contribution in [1.29, 1.82) is 0 Å². The Bertz CT molecular complexity index is 324. The number of nitrogens with one attached hydrogen (secondary N) is 1. The van der Waals surface area contributed by atoms with E-state index in [1.54, 1.807) is 7.11 Å². The van der Waals surface area contributed by atoms with Gasteiger partial charge < -0.3 is 15.0 Å². The fourth-order valence-corrected chi connectivity index (χ4v) is 2.24. The van der Waals surface area contributed by atoms with Gasteiger partial charge in [-0.05, 0) is 30.7 Å². The third kappa shape index (κ3) is 3.64. The Kier molecular flexibility index (Phi) is 6.58. The Balaban J connectivity index is 0.000000771. The molecule has 18 heavy (non-hydrogen) atoms. The van der Waals surface area contributed by atoms with E-state index in [0.29, 0.717) is 6.04 Å². The molecular weight excluding hydrogens is 224 g/mol. The SMILES string of the molecule is CC.CCC1CNCCN1c1ccc(OC)cc1. The summed E-state index contributed by atoms with van der Waals surface area (Å²) >= 11 is 0. The van der Waals surface area contributed by atoms with Gasteiger partial charge in [-0.25, -0.2) is 0 Å². The van der Waals surface area contributed by atoms with E-state index < -0.39 is 0 Å². The molecule has 1 N–H and O–H groups in total. The van der Waals surface area contributed by atoms with Gasteiger partial charge in [-0.2, -0.15) is 0 Å². The van der Waals surface area contributed by atoms with Crippen molar-refractivity contribution in [1.82, 2.24) is 5.32 Å². The normalized spacial score (nSPS) is 18.9. The van der Waals surface area contributed by atoms with Gasteiger partial charge in [0, 0.05) is 31.4 Å². The zero-order valence-corrected chi connectivity index (χ0v) is 12.1. The van der Waals surface area contributed by atoms with Gasteiger partial charge in [-0.15, -0.1) is 0 Å². The maximum Gasteiger partial charge on any atom is 0.119 e. The van der Waals surface area contributed by atoms with E-state index in [9.17, 15) is 0 Å². The van der Waals surface area contributed by atoms with Crippen LogP contribution in [-0.4, -0.2) is 32.8 Å². The van der Waals surface area contributed by atoms with Gasteiger partial charge in [0.1, 0.15) is 5.75 Å². The lowest BCUT2D eigenvalue weighted by Crippen LogP contribution is -2.51. The van der Waals surface area contributed by atoms with Crippen LogP contribution in [0, 0.1) is 0 Å². The second-order valence-electron chi connectivity index (χ2n) is 4.16. The molecule has 0 amide bonds. The molecule has 0 aliphatic carbocycles. The number of hydrogen-bond donors (Lipinski definition) is 1. The Hall–Kier alpha value is -1.22. The molecular formula is C15H26N2O. The Labute approximate surface area is 111 Å². The quantitative estimate of drug-likeness (QED) is 0.892. The number of piperazine rings is 1. The smallest absolute Gasteiger partial charge is 0.119 e. The Morgan fingerprint density at radius 3 is 2.50 bits per heavy atom. The minimum Gasteiger partial charge on any atom is -0.497 e. The average Bonchev–Trinajstić information content (AvgIpc) is 2.49. The van der Waals surface area contributed by atoms with Crippen LogP contribution in [0.15, 0.2) is 24.3 Å². The van der Waals surface area contributed by atoms with E-state index in [2.05, 4.69) is 29.3 Å². The molecule has 0 saturated carbocycles. The molecule has 1 aliphatic rings. The largest absolute Gasteiger partial charge is 0.497 e. The Morgan fingerprint density at radius 1 is 1.28 bits per heavy atom. The highest BCUT2D eigenvalue weighted by molar-refractivity contribution is 5.50. The van der Waals surface area contributed by atoms with Crippen LogP contribution in [-0.2, 0) is 0 Å². The summed E-state index contributed by atoms with van der Waals surface area (Å²) < 4.78 is 5.18. The average molecular weight is 250 g/mol. The highest BCUT2D eigenvalue weighted by atomic mass is 16.5. The first-order valence-corrected chi connectivity index (χ1v) is 6.96. The highest BCUT2D eigenvalue weighted by Crippen LogP contribution is 2.22. The van der Waals surface area contributed by atoms with Crippen LogP contribution < -0.4 is 15.0 Å². The van der Waals surface area contributed by atoms with Crippen LogP contribution in [0.1, 0.15) is 27.2 Å². The first-order valence-electron chi connectivity index (χ1n) is 6.96. The number of methoxy groups -OCH3 is 1. The van der Waals surface area contributed by atoms with E-state index in [1.807, 2.05) is 26.0 Å². The third-order valence-corrected chi connectivity index (χ3v) is 3.23. The molecule has 0 bridgehead atoms. The molecule has 1 heterocycles. The topological polar surface area (TPSA) is 24.5 Å². The van der Waals surface area contributed by atoms with Crippen molar-refractivity contribution >= 4 is 5.69 Å². The maximum absolute atomic E-state index is 5.18. The lowest BCUT2D eigenvalue weighted by molar-refractivity contribution is 0.414. The van der Waals surface area contributed by atoms with Gasteiger partial charge >= 0.3 is 0 Å². The molecule has 0 spiro atoms. The molecule has 1 atom stereocenters. The van der Waals surface area contributed by atoms with E-state index in [4.69, 9.17) is 4.74 Å². The first-order chi connectivity index (χ1) is 8.85. The highest BCUT2D eigenvalue weighted by Gasteiger charge is 2.20. The zero-order valence-electron chi connectivity index (χ0n) is 12.1. The third-order valence-electron chi connectivity index (χ3n) is 3.23. The molecule has 2 rings (SSSR count). The van der Waals surface area contributed by atoms with Crippen molar-refractivity contribution in [2.45, 2.75) is 33.2 Å². The van der Waals surface area contributed by atoms with E-state index >= 15 is 0 Å². The molecule has 0 radical (unpaired) electrons. The van der Waals surface area contributed by atoms with Crippen molar-refractivity contribution in [3.63, 3.8) is 0 Å². The Morgan fingerprint density at radius 2 is 1.94 bits per heavy atom. The maximum atomic E-state index is 5.18. The van der Waals surface area contributed by atoms with E-state index in [0.717, 1.165) is 25.4 Å². The number of benzene rings is 1. The first kappa shape index (κ1) is 14.8. The molecule has 1 aromatic carbocycles. The summed E-state index contributed by atoms with van der Waals surface area (Å²) in [7, 11) is 1.70. The van der Waals surface area contributed by atoms with E-state index in [1.165, 1.54) is 12.1 Å². The summed E-state index contributed by atoms with van der Waals surface area (Å²) in [6, 6.07) is 8.97. The second-order valence-corrected chi connectivity index (χ2v) is 4.16. The molecule has 1 aromatic rings. The van der Waals surface area contributed by atoms with Crippen LogP contribution in [0.25, 0.3) is 0 Å². The number of hydrogen-bond acceptors (Lipinski definition) is 3. The fourth-order valence-electron chi connectivity index (χ4n) is 2.24. The molecule has 1 saturated heterocycles. The van der Waals surface area contributed by atoms with Crippen molar-refractivity contribution < 1.29 is 4.74 Å². The lowest BCUT2D eigenvalue weighted by atomic mass is 10.1. The predicted molar refractivity (Wildman–Crippen MR) is 78.6 cm³/mol. The van der Waals surface area contributed by atoms with Crippen LogP contribution in [0.4, 0.5) is 5.69 Å². The van der Waals surface area contributed by atoms with Crippen molar-refractivity contribution in [2.24, 2.45) is 0 Å². The molecule has 3 nitrogen and oxygen atoms in total. The number of rotatable bonds is 3. The van der Waals surface area contributed by atoms with Gasteiger partial charge in [0.15, 0.2) is 0 Å². The summed E-state index contributed by atoms with van der Waals surface area (Å²) in [4.78, 5) is 2.48. The van der Waals surface area contributed by atoms with Crippen LogP contribution in [0.2, 0.25) is 0 Å². The van der Waals surface area contributed by atoms with Crippen LogP contribution in [0.3, 0.4) is 0 Å². The number of anilines is 1. The molecule has 102 valence electrons. The van der Waals surface area contributed by atoms with Crippen molar-refractivity contribution in [3.05, 3.63) is 24.3 Å². The van der Waals surface area contributed by atoms with Crippen molar-refractivity contribution in [3.8, 4) is 5.75 Å². The van der Waals surface area contributed by atoms with Gasteiger partial charge in [-0.1, -0.05) is 20.8 Å². The molecule has 1 unspecified atom stereocenters. The zero-order chi connectivity index (χ0) is 13.4. The van der Waals surface area contributed by atoms with Crippen molar-refractivity contribution in [2.75, 3.05) is 31.6 Å². The minimum atomic E-state index is 0.613. The van der Waals surface area contributed by atoms with Gasteiger partial charge in [0.2, 0.25) is 0 Å². The fraction of sp³-hybridized carbons (Fsp3) is 0.600. The van der Waals surface area contributed by atoms with Gasteiger partial charge in [0.05, 0.1) is 7.11 Å².